The van der Waals surface area contributed by atoms with Crippen molar-refractivity contribution in [1.82, 2.24) is 0 Å². The lowest BCUT2D eigenvalue weighted by Gasteiger charge is -1.99. The zero-order chi connectivity index (χ0) is 5.98. The molecule has 1 saturated carbocycles. The summed E-state index contributed by atoms with van der Waals surface area (Å²) >= 11 is 0. The summed E-state index contributed by atoms with van der Waals surface area (Å²) in [4.78, 5) is 9.54. The van der Waals surface area contributed by atoms with E-state index in [1.165, 1.54) is 0 Å². The first kappa shape index (κ1) is 5.69. The Labute approximate surface area is 47.7 Å². The molecule has 0 saturated heterocycles. The van der Waals surface area contributed by atoms with Crippen LogP contribution in [0.3, 0.4) is 0 Å². The van der Waals surface area contributed by atoms with Crippen molar-refractivity contribution in [3.05, 3.63) is 4.91 Å². The van der Waals surface area contributed by atoms with Gasteiger partial charge in [-0.2, -0.15) is 4.91 Å². The Bertz CT molecular complexity index is 90.4. The molecular formula is C5H9NO2. The van der Waals surface area contributed by atoms with Gasteiger partial charge in [-0.25, -0.2) is 0 Å². The Morgan fingerprint density at radius 3 is 2.75 bits per heavy atom. The van der Waals surface area contributed by atoms with Crippen LogP contribution in [0, 0.1) is 10.8 Å². The van der Waals surface area contributed by atoms with E-state index >= 15 is 0 Å². The molecule has 0 aromatic carbocycles. The van der Waals surface area contributed by atoms with Crippen LogP contribution in [0.2, 0.25) is 0 Å². The number of aliphatic hydroxyl groups excluding tert-OH is 1. The maximum absolute atomic E-state index is 9.54. The smallest absolute Gasteiger partial charge is 0.107 e. The molecule has 8 heavy (non-hydrogen) atoms. The molecule has 0 heterocycles. The standard InChI is InChI=1S/C5H9NO2/c7-5(3-6-8)4-1-2-4/h4-5,7H,1-3H2. The molecule has 1 atom stereocenters. The van der Waals surface area contributed by atoms with Crippen LogP contribution in [0.1, 0.15) is 12.8 Å². The predicted molar refractivity (Wildman–Crippen MR) is 29.4 cm³/mol. The van der Waals surface area contributed by atoms with E-state index in [0.29, 0.717) is 5.92 Å². The molecule has 1 unspecified atom stereocenters. The van der Waals surface area contributed by atoms with Crippen molar-refractivity contribution in [1.29, 1.82) is 0 Å². The fourth-order valence-electron chi connectivity index (χ4n) is 0.706. The fourth-order valence-corrected chi connectivity index (χ4v) is 0.706. The molecule has 0 radical (unpaired) electrons. The molecule has 0 aromatic heterocycles. The van der Waals surface area contributed by atoms with Crippen LogP contribution in [0.25, 0.3) is 0 Å². The summed E-state index contributed by atoms with van der Waals surface area (Å²) in [6, 6.07) is 0. The third-order valence-electron chi connectivity index (χ3n) is 1.43. The van der Waals surface area contributed by atoms with Gasteiger partial charge in [-0.1, -0.05) is 5.18 Å². The molecule has 0 aromatic rings. The van der Waals surface area contributed by atoms with Crippen LogP contribution in [0.15, 0.2) is 5.18 Å². The third kappa shape index (κ3) is 1.26. The molecule has 1 rings (SSSR count). The summed E-state index contributed by atoms with van der Waals surface area (Å²) in [6.07, 6.45) is 1.68. The first-order chi connectivity index (χ1) is 3.84. The van der Waals surface area contributed by atoms with E-state index in [9.17, 15) is 4.91 Å². The van der Waals surface area contributed by atoms with Gasteiger partial charge in [-0.3, -0.25) is 0 Å². The molecule has 0 spiro atoms. The average molecular weight is 115 g/mol. The van der Waals surface area contributed by atoms with Crippen LogP contribution in [0.5, 0.6) is 0 Å². The summed E-state index contributed by atoms with van der Waals surface area (Å²) < 4.78 is 0. The van der Waals surface area contributed by atoms with E-state index in [-0.39, 0.29) is 6.54 Å². The van der Waals surface area contributed by atoms with Crippen LogP contribution in [-0.2, 0) is 0 Å². The second kappa shape index (κ2) is 2.22. The van der Waals surface area contributed by atoms with Gasteiger partial charge in [0.05, 0.1) is 6.10 Å². The van der Waals surface area contributed by atoms with Crippen molar-refractivity contribution in [3.63, 3.8) is 0 Å². The highest BCUT2D eigenvalue weighted by Crippen LogP contribution is 2.32. The van der Waals surface area contributed by atoms with Crippen LogP contribution in [-0.4, -0.2) is 17.8 Å². The van der Waals surface area contributed by atoms with Gasteiger partial charge in [0, 0.05) is 0 Å². The molecule has 3 nitrogen and oxygen atoms in total. The lowest BCUT2D eigenvalue weighted by molar-refractivity contribution is 0.160. The summed E-state index contributed by atoms with van der Waals surface area (Å²) in [5, 5.41) is 11.5. The summed E-state index contributed by atoms with van der Waals surface area (Å²) in [6.45, 7) is 0.0741. The van der Waals surface area contributed by atoms with Crippen LogP contribution >= 0.6 is 0 Å². The quantitative estimate of drug-likeness (QED) is 0.545. The Morgan fingerprint density at radius 1 is 1.75 bits per heavy atom. The van der Waals surface area contributed by atoms with Crippen molar-refractivity contribution in [3.8, 4) is 0 Å². The Balaban J connectivity index is 2.12. The number of hydrogen-bond acceptors (Lipinski definition) is 3. The minimum absolute atomic E-state index is 0.0741. The van der Waals surface area contributed by atoms with Gasteiger partial charge in [0.25, 0.3) is 0 Å². The molecule has 1 N–H and O–H groups in total. The number of aliphatic hydroxyl groups is 1. The molecule has 1 fully saturated rings. The second-order valence-corrected chi connectivity index (χ2v) is 2.22. The Kier molecular flexibility index (Phi) is 1.58. The first-order valence-corrected chi connectivity index (χ1v) is 2.82. The minimum atomic E-state index is -0.451. The van der Waals surface area contributed by atoms with Gasteiger partial charge in [0.15, 0.2) is 0 Å². The molecule has 1 aliphatic carbocycles. The van der Waals surface area contributed by atoms with Gasteiger partial charge in [-0.05, 0) is 18.8 Å². The lowest BCUT2D eigenvalue weighted by atomic mass is 10.2. The Hall–Kier alpha value is -0.440. The van der Waals surface area contributed by atoms with Crippen molar-refractivity contribution in [2.45, 2.75) is 18.9 Å². The van der Waals surface area contributed by atoms with Gasteiger partial charge < -0.3 is 5.11 Å². The highest BCUT2D eigenvalue weighted by atomic mass is 16.3. The van der Waals surface area contributed by atoms with Crippen molar-refractivity contribution < 1.29 is 5.11 Å². The molecule has 0 bridgehead atoms. The number of nitroso groups, excluding NO2 is 1. The topological polar surface area (TPSA) is 49.7 Å². The maximum atomic E-state index is 9.54. The lowest BCUT2D eigenvalue weighted by Crippen LogP contribution is -2.12. The normalized spacial score (nSPS) is 22.6. The van der Waals surface area contributed by atoms with Gasteiger partial charge in [0.1, 0.15) is 6.54 Å². The second-order valence-electron chi connectivity index (χ2n) is 2.22. The van der Waals surface area contributed by atoms with E-state index in [0.717, 1.165) is 12.8 Å². The molecule has 46 valence electrons. The monoisotopic (exact) mass is 115 g/mol. The van der Waals surface area contributed by atoms with Crippen molar-refractivity contribution in [2.24, 2.45) is 11.1 Å². The Morgan fingerprint density at radius 2 is 2.38 bits per heavy atom. The molecule has 0 amide bonds. The van der Waals surface area contributed by atoms with Crippen LogP contribution in [0.4, 0.5) is 0 Å². The molecule has 1 aliphatic rings. The van der Waals surface area contributed by atoms with Crippen molar-refractivity contribution >= 4 is 0 Å². The highest BCUT2D eigenvalue weighted by Gasteiger charge is 2.29. The molecule has 0 aliphatic heterocycles. The van der Waals surface area contributed by atoms with Gasteiger partial charge in [0.2, 0.25) is 0 Å². The predicted octanol–water partition coefficient (Wildman–Crippen LogP) is 0.524. The van der Waals surface area contributed by atoms with E-state index in [1.807, 2.05) is 0 Å². The summed E-state index contributed by atoms with van der Waals surface area (Å²) in [7, 11) is 0. The number of nitrogens with zero attached hydrogens (tertiary/aromatic N) is 1. The molecule has 3 heteroatoms. The zero-order valence-corrected chi connectivity index (χ0v) is 4.58. The zero-order valence-electron chi connectivity index (χ0n) is 4.58. The number of rotatable bonds is 3. The van der Waals surface area contributed by atoms with E-state index in [2.05, 4.69) is 5.18 Å². The van der Waals surface area contributed by atoms with E-state index < -0.39 is 6.10 Å². The van der Waals surface area contributed by atoms with E-state index in [4.69, 9.17) is 5.11 Å². The largest absolute Gasteiger partial charge is 0.391 e. The fraction of sp³-hybridized carbons (Fsp3) is 1.00. The SMILES string of the molecule is O=NCC(O)C1CC1. The minimum Gasteiger partial charge on any atom is -0.391 e. The summed E-state index contributed by atoms with van der Waals surface area (Å²) in [5.41, 5.74) is 0. The van der Waals surface area contributed by atoms with Gasteiger partial charge in [-0.15, -0.1) is 0 Å². The first-order valence-electron chi connectivity index (χ1n) is 2.82. The highest BCUT2D eigenvalue weighted by molar-refractivity contribution is 4.81. The molecular weight excluding hydrogens is 106 g/mol. The van der Waals surface area contributed by atoms with Gasteiger partial charge >= 0.3 is 0 Å². The maximum Gasteiger partial charge on any atom is 0.107 e. The third-order valence-corrected chi connectivity index (χ3v) is 1.43. The average Bonchev–Trinajstić information content (AvgIpc) is 2.45. The van der Waals surface area contributed by atoms with Crippen molar-refractivity contribution in [2.75, 3.05) is 6.54 Å². The summed E-state index contributed by atoms with van der Waals surface area (Å²) in [5.74, 6) is 0.382. The number of hydrogen-bond donors (Lipinski definition) is 1. The van der Waals surface area contributed by atoms with E-state index in [1.54, 1.807) is 0 Å². The van der Waals surface area contributed by atoms with Crippen LogP contribution < -0.4 is 0 Å².